The maximum Gasteiger partial charge on any atom is 0.134 e. The number of piperidine rings is 1. The van der Waals surface area contributed by atoms with E-state index >= 15 is 0 Å². The molecular weight excluding hydrogens is 236 g/mol. The monoisotopic (exact) mass is 262 g/mol. The molecule has 2 atom stereocenters. The van der Waals surface area contributed by atoms with Gasteiger partial charge in [0.2, 0.25) is 0 Å². The van der Waals surface area contributed by atoms with Crippen molar-refractivity contribution < 1.29 is 0 Å². The third-order valence-electron chi connectivity index (χ3n) is 4.04. The van der Waals surface area contributed by atoms with Gasteiger partial charge in [-0.15, -0.1) is 0 Å². The molecule has 1 aliphatic rings. The first-order valence-electron chi connectivity index (χ1n) is 7.44. The molecule has 2 unspecified atom stereocenters. The normalized spacial score (nSPS) is 23.5. The standard InChI is InChI=1S/C15H26N4/c1-5-7-16-14-9-15(18-13(4)17-14)19-8-6-11(2)12(3)10-19/h9,11-12H,5-8,10H2,1-4H3,(H,16,17,18). The van der Waals surface area contributed by atoms with Gasteiger partial charge in [0, 0.05) is 25.7 Å². The number of hydrogen-bond acceptors (Lipinski definition) is 4. The van der Waals surface area contributed by atoms with Crippen LogP contribution >= 0.6 is 0 Å². The molecule has 0 radical (unpaired) electrons. The van der Waals surface area contributed by atoms with Gasteiger partial charge < -0.3 is 10.2 Å². The summed E-state index contributed by atoms with van der Waals surface area (Å²) in [5, 5.41) is 3.36. The zero-order valence-corrected chi connectivity index (χ0v) is 12.6. The number of nitrogens with one attached hydrogen (secondary N) is 1. The summed E-state index contributed by atoms with van der Waals surface area (Å²) < 4.78 is 0. The van der Waals surface area contributed by atoms with Gasteiger partial charge in [0.15, 0.2) is 0 Å². The molecule has 2 rings (SSSR count). The summed E-state index contributed by atoms with van der Waals surface area (Å²) in [6, 6.07) is 2.09. The second-order valence-electron chi connectivity index (χ2n) is 5.77. The molecule has 0 aromatic carbocycles. The van der Waals surface area contributed by atoms with E-state index in [1.807, 2.05) is 6.92 Å². The third-order valence-corrected chi connectivity index (χ3v) is 4.04. The van der Waals surface area contributed by atoms with E-state index in [0.29, 0.717) is 0 Å². The van der Waals surface area contributed by atoms with Gasteiger partial charge in [-0.2, -0.15) is 0 Å². The Bertz CT molecular complexity index is 419. The lowest BCUT2D eigenvalue weighted by molar-refractivity contribution is 0.322. The largest absolute Gasteiger partial charge is 0.370 e. The molecule has 4 nitrogen and oxygen atoms in total. The SMILES string of the molecule is CCCNc1cc(N2CCC(C)C(C)C2)nc(C)n1. The van der Waals surface area contributed by atoms with Crippen molar-refractivity contribution in [3.63, 3.8) is 0 Å². The maximum absolute atomic E-state index is 4.60. The zero-order chi connectivity index (χ0) is 13.8. The fraction of sp³-hybridized carbons (Fsp3) is 0.733. The molecular formula is C15H26N4. The van der Waals surface area contributed by atoms with Gasteiger partial charge in [-0.3, -0.25) is 0 Å². The molecule has 1 aliphatic heterocycles. The van der Waals surface area contributed by atoms with E-state index in [2.05, 4.69) is 47.0 Å². The predicted molar refractivity (Wildman–Crippen MR) is 80.7 cm³/mol. The average Bonchev–Trinajstić information content (AvgIpc) is 2.39. The molecule has 0 spiro atoms. The zero-order valence-electron chi connectivity index (χ0n) is 12.6. The van der Waals surface area contributed by atoms with Crippen molar-refractivity contribution in [2.75, 3.05) is 29.9 Å². The highest BCUT2D eigenvalue weighted by atomic mass is 15.2. The summed E-state index contributed by atoms with van der Waals surface area (Å²) in [7, 11) is 0. The van der Waals surface area contributed by atoms with E-state index in [1.54, 1.807) is 0 Å². The summed E-state index contributed by atoms with van der Waals surface area (Å²) in [5.74, 6) is 4.43. The van der Waals surface area contributed by atoms with Crippen LogP contribution < -0.4 is 10.2 Å². The van der Waals surface area contributed by atoms with Gasteiger partial charge in [0.1, 0.15) is 17.5 Å². The van der Waals surface area contributed by atoms with E-state index in [-0.39, 0.29) is 0 Å². The summed E-state index contributed by atoms with van der Waals surface area (Å²) in [6.45, 7) is 12.0. The number of rotatable bonds is 4. The molecule has 0 bridgehead atoms. The molecule has 0 aliphatic carbocycles. The molecule has 4 heteroatoms. The van der Waals surface area contributed by atoms with Crippen LogP contribution in [-0.4, -0.2) is 29.6 Å². The van der Waals surface area contributed by atoms with Crippen LogP contribution in [0.25, 0.3) is 0 Å². The van der Waals surface area contributed by atoms with Crippen LogP contribution in [0.4, 0.5) is 11.6 Å². The number of anilines is 2. The molecule has 1 saturated heterocycles. The smallest absolute Gasteiger partial charge is 0.134 e. The average molecular weight is 262 g/mol. The van der Waals surface area contributed by atoms with Crippen molar-refractivity contribution in [1.29, 1.82) is 0 Å². The van der Waals surface area contributed by atoms with Gasteiger partial charge in [-0.1, -0.05) is 20.8 Å². The van der Waals surface area contributed by atoms with Gasteiger partial charge in [-0.05, 0) is 31.6 Å². The Hall–Kier alpha value is -1.32. The number of aromatic nitrogens is 2. The van der Waals surface area contributed by atoms with Crippen LogP contribution in [0.3, 0.4) is 0 Å². The quantitative estimate of drug-likeness (QED) is 0.905. The Morgan fingerprint density at radius 3 is 2.79 bits per heavy atom. The van der Waals surface area contributed by atoms with Crippen molar-refractivity contribution in [2.24, 2.45) is 11.8 Å². The predicted octanol–water partition coefficient (Wildman–Crippen LogP) is 3.09. The summed E-state index contributed by atoms with van der Waals surface area (Å²) >= 11 is 0. The van der Waals surface area contributed by atoms with E-state index < -0.39 is 0 Å². The van der Waals surface area contributed by atoms with Gasteiger partial charge in [-0.25, -0.2) is 9.97 Å². The fourth-order valence-electron chi connectivity index (χ4n) is 2.53. The molecule has 0 amide bonds. The van der Waals surface area contributed by atoms with Gasteiger partial charge >= 0.3 is 0 Å². The first-order valence-corrected chi connectivity index (χ1v) is 7.44. The highest BCUT2D eigenvalue weighted by molar-refractivity contribution is 5.49. The van der Waals surface area contributed by atoms with E-state index in [0.717, 1.165) is 55.4 Å². The van der Waals surface area contributed by atoms with Crippen LogP contribution in [-0.2, 0) is 0 Å². The highest BCUT2D eigenvalue weighted by Crippen LogP contribution is 2.26. The van der Waals surface area contributed by atoms with Crippen LogP contribution in [0.2, 0.25) is 0 Å². The highest BCUT2D eigenvalue weighted by Gasteiger charge is 2.23. The lowest BCUT2D eigenvalue weighted by atomic mass is 9.89. The third kappa shape index (κ3) is 3.58. The van der Waals surface area contributed by atoms with Crippen molar-refractivity contribution >= 4 is 11.6 Å². The van der Waals surface area contributed by atoms with Crippen molar-refractivity contribution in [3.8, 4) is 0 Å². The minimum Gasteiger partial charge on any atom is -0.370 e. The summed E-state index contributed by atoms with van der Waals surface area (Å²) in [5.41, 5.74) is 0. The van der Waals surface area contributed by atoms with Crippen molar-refractivity contribution in [2.45, 2.75) is 40.5 Å². The Labute approximate surface area is 116 Å². The maximum atomic E-state index is 4.60. The lowest BCUT2D eigenvalue weighted by Gasteiger charge is -2.36. The first kappa shape index (κ1) is 14.1. The molecule has 1 aromatic heterocycles. The van der Waals surface area contributed by atoms with Crippen molar-refractivity contribution in [3.05, 3.63) is 11.9 Å². The van der Waals surface area contributed by atoms with E-state index in [4.69, 9.17) is 0 Å². The molecule has 1 fully saturated rings. The van der Waals surface area contributed by atoms with Crippen LogP contribution in [0.5, 0.6) is 0 Å². The molecule has 1 aromatic rings. The van der Waals surface area contributed by atoms with Crippen LogP contribution in [0.15, 0.2) is 6.07 Å². The van der Waals surface area contributed by atoms with Gasteiger partial charge in [0.25, 0.3) is 0 Å². The molecule has 106 valence electrons. The van der Waals surface area contributed by atoms with E-state index in [1.165, 1.54) is 6.42 Å². The fourth-order valence-corrected chi connectivity index (χ4v) is 2.53. The summed E-state index contributed by atoms with van der Waals surface area (Å²) in [4.78, 5) is 11.5. The second kappa shape index (κ2) is 6.22. The number of nitrogens with zero attached hydrogens (tertiary/aromatic N) is 3. The van der Waals surface area contributed by atoms with Crippen LogP contribution in [0.1, 0.15) is 39.4 Å². The molecule has 19 heavy (non-hydrogen) atoms. The van der Waals surface area contributed by atoms with Crippen molar-refractivity contribution in [1.82, 2.24) is 9.97 Å². The Morgan fingerprint density at radius 2 is 2.11 bits per heavy atom. The minimum atomic E-state index is 0.732. The lowest BCUT2D eigenvalue weighted by Crippen LogP contribution is -2.39. The molecule has 0 saturated carbocycles. The topological polar surface area (TPSA) is 41.0 Å². The first-order chi connectivity index (χ1) is 9.10. The Balaban J connectivity index is 2.13. The minimum absolute atomic E-state index is 0.732. The number of hydrogen-bond donors (Lipinski definition) is 1. The van der Waals surface area contributed by atoms with E-state index in [9.17, 15) is 0 Å². The molecule has 2 heterocycles. The summed E-state index contributed by atoms with van der Waals surface area (Å²) in [6.07, 6.45) is 2.36. The number of aryl methyl sites for hydroxylation is 1. The van der Waals surface area contributed by atoms with Gasteiger partial charge in [0.05, 0.1) is 0 Å². The second-order valence-corrected chi connectivity index (χ2v) is 5.77. The molecule has 1 N–H and O–H groups in total. The van der Waals surface area contributed by atoms with Crippen LogP contribution in [0, 0.1) is 18.8 Å². The Morgan fingerprint density at radius 1 is 1.32 bits per heavy atom. The Kier molecular flexibility index (Phi) is 4.61.